The van der Waals surface area contributed by atoms with E-state index < -0.39 is 11.6 Å². The van der Waals surface area contributed by atoms with E-state index in [1.54, 1.807) is 23.3 Å². The van der Waals surface area contributed by atoms with E-state index in [0.29, 0.717) is 18.7 Å². The van der Waals surface area contributed by atoms with Gasteiger partial charge < -0.3 is 10.2 Å². The number of benzene rings is 1. The first kappa shape index (κ1) is 16.4. The molecule has 1 N–H and O–H groups in total. The maximum Gasteiger partial charge on any atom is 0.149 e. The van der Waals surface area contributed by atoms with Crippen LogP contribution in [-0.4, -0.2) is 13.6 Å². The number of anilines is 1. The summed E-state index contributed by atoms with van der Waals surface area (Å²) in [6.45, 7) is 3.65. The highest BCUT2D eigenvalue weighted by Gasteiger charge is 2.16. The Balaban J connectivity index is 2.18. The summed E-state index contributed by atoms with van der Waals surface area (Å²) in [6.07, 6.45) is 0. The quantitative estimate of drug-likeness (QED) is 0.798. The summed E-state index contributed by atoms with van der Waals surface area (Å²) in [5.41, 5.74) is 0.627. The summed E-state index contributed by atoms with van der Waals surface area (Å²) in [5.74, 6) is -1.05. The van der Waals surface area contributed by atoms with Crippen LogP contribution in [0.25, 0.3) is 0 Å². The van der Waals surface area contributed by atoms with Gasteiger partial charge in [0.2, 0.25) is 0 Å². The summed E-state index contributed by atoms with van der Waals surface area (Å²) < 4.78 is 29.3. The van der Waals surface area contributed by atoms with Gasteiger partial charge in [-0.3, -0.25) is 0 Å². The zero-order chi connectivity index (χ0) is 15.4. The molecule has 0 aliphatic heterocycles. The predicted molar refractivity (Wildman–Crippen MR) is 87.9 cm³/mol. The minimum Gasteiger partial charge on any atom is -0.365 e. The zero-order valence-electron chi connectivity index (χ0n) is 11.9. The number of halogens is 3. The molecule has 0 bridgehead atoms. The maximum atomic E-state index is 14.2. The molecular weight excluding hydrogens is 358 g/mol. The second-order valence-corrected chi connectivity index (χ2v) is 6.69. The number of rotatable bonds is 6. The van der Waals surface area contributed by atoms with Crippen LogP contribution in [-0.2, 0) is 13.1 Å². The SMILES string of the molecule is CCNCc1cc(F)c(N(C)Cc2cc(Br)cs2)c(F)c1. The largest absolute Gasteiger partial charge is 0.365 e. The normalized spacial score (nSPS) is 10.9. The second-order valence-electron chi connectivity index (χ2n) is 4.78. The molecule has 2 rings (SSSR count). The lowest BCUT2D eigenvalue weighted by Crippen LogP contribution is -2.19. The third kappa shape index (κ3) is 4.25. The third-order valence-electron chi connectivity index (χ3n) is 3.05. The average molecular weight is 375 g/mol. The van der Waals surface area contributed by atoms with Gasteiger partial charge in [-0.1, -0.05) is 6.92 Å². The van der Waals surface area contributed by atoms with Crippen molar-refractivity contribution in [2.75, 3.05) is 18.5 Å². The lowest BCUT2D eigenvalue weighted by Gasteiger charge is -2.20. The van der Waals surface area contributed by atoms with Crippen molar-refractivity contribution in [2.24, 2.45) is 0 Å². The van der Waals surface area contributed by atoms with Crippen LogP contribution < -0.4 is 10.2 Å². The van der Waals surface area contributed by atoms with Gasteiger partial charge in [0.15, 0.2) is 0 Å². The van der Waals surface area contributed by atoms with Gasteiger partial charge in [-0.05, 0) is 46.2 Å². The molecule has 0 saturated heterocycles. The lowest BCUT2D eigenvalue weighted by molar-refractivity contribution is 0.570. The number of nitrogens with zero attached hydrogens (tertiary/aromatic N) is 1. The van der Waals surface area contributed by atoms with E-state index in [9.17, 15) is 8.78 Å². The molecule has 21 heavy (non-hydrogen) atoms. The Labute approximate surface area is 135 Å². The van der Waals surface area contributed by atoms with Gasteiger partial charge >= 0.3 is 0 Å². The molecule has 2 nitrogen and oxygen atoms in total. The minimum atomic E-state index is -0.527. The first-order chi connectivity index (χ1) is 10.0. The predicted octanol–water partition coefficient (Wildman–Crippen LogP) is 4.53. The molecular formula is C15H17BrF2N2S. The van der Waals surface area contributed by atoms with Crippen LogP contribution in [0.2, 0.25) is 0 Å². The molecule has 0 amide bonds. The van der Waals surface area contributed by atoms with Gasteiger partial charge in [0.25, 0.3) is 0 Å². The standard InChI is InChI=1S/C15H17BrF2N2S/c1-3-19-7-10-4-13(17)15(14(18)5-10)20(2)8-12-6-11(16)9-21-12/h4-6,9,19H,3,7-8H2,1-2H3. The molecule has 0 saturated carbocycles. The Morgan fingerprint density at radius 1 is 1.24 bits per heavy atom. The number of thiophene rings is 1. The van der Waals surface area contributed by atoms with Crippen molar-refractivity contribution < 1.29 is 8.78 Å². The molecule has 0 aliphatic carbocycles. The number of hydrogen-bond donors (Lipinski definition) is 1. The van der Waals surface area contributed by atoms with E-state index in [1.807, 2.05) is 18.4 Å². The fraction of sp³-hybridized carbons (Fsp3) is 0.333. The molecule has 0 unspecified atom stereocenters. The summed E-state index contributed by atoms with van der Waals surface area (Å²) in [7, 11) is 1.69. The van der Waals surface area contributed by atoms with Crippen molar-refractivity contribution in [1.29, 1.82) is 0 Å². The molecule has 0 spiro atoms. The van der Waals surface area contributed by atoms with Crippen molar-refractivity contribution in [3.63, 3.8) is 0 Å². The Bertz CT molecular complexity index is 592. The fourth-order valence-electron chi connectivity index (χ4n) is 2.10. The first-order valence-corrected chi connectivity index (χ1v) is 8.31. The van der Waals surface area contributed by atoms with E-state index in [-0.39, 0.29) is 5.69 Å². The Kier molecular flexibility index (Phi) is 5.72. The van der Waals surface area contributed by atoms with E-state index in [1.165, 1.54) is 12.1 Å². The molecule has 0 radical (unpaired) electrons. The molecule has 1 heterocycles. The zero-order valence-corrected chi connectivity index (χ0v) is 14.3. The van der Waals surface area contributed by atoms with Crippen LogP contribution in [0.3, 0.4) is 0 Å². The van der Waals surface area contributed by atoms with E-state index in [4.69, 9.17) is 0 Å². The number of hydrogen-bond acceptors (Lipinski definition) is 3. The Morgan fingerprint density at radius 3 is 2.43 bits per heavy atom. The van der Waals surface area contributed by atoms with Crippen LogP contribution in [0.4, 0.5) is 14.5 Å². The van der Waals surface area contributed by atoms with E-state index in [2.05, 4.69) is 21.2 Å². The van der Waals surface area contributed by atoms with Gasteiger partial charge in [-0.15, -0.1) is 11.3 Å². The van der Waals surface area contributed by atoms with Crippen molar-refractivity contribution >= 4 is 33.0 Å². The molecule has 0 atom stereocenters. The molecule has 2 aromatic rings. The van der Waals surface area contributed by atoms with Gasteiger partial charge in [-0.25, -0.2) is 8.78 Å². The molecule has 0 fully saturated rings. The fourth-order valence-corrected chi connectivity index (χ4v) is 3.61. The maximum absolute atomic E-state index is 14.2. The van der Waals surface area contributed by atoms with Crippen LogP contribution in [0, 0.1) is 11.6 Å². The highest BCUT2D eigenvalue weighted by molar-refractivity contribution is 9.10. The van der Waals surface area contributed by atoms with Crippen molar-refractivity contribution in [3.05, 3.63) is 50.1 Å². The van der Waals surface area contributed by atoms with Gasteiger partial charge in [0, 0.05) is 28.3 Å². The van der Waals surface area contributed by atoms with Gasteiger partial charge in [0.05, 0.1) is 6.54 Å². The Hall–Kier alpha value is -0.980. The van der Waals surface area contributed by atoms with Crippen LogP contribution in [0.5, 0.6) is 0 Å². The third-order valence-corrected chi connectivity index (χ3v) is 4.73. The topological polar surface area (TPSA) is 15.3 Å². The van der Waals surface area contributed by atoms with Crippen molar-refractivity contribution in [3.8, 4) is 0 Å². The molecule has 1 aromatic carbocycles. The van der Waals surface area contributed by atoms with Crippen molar-refractivity contribution in [2.45, 2.75) is 20.0 Å². The molecule has 6 heteroatoms. The van der Waals surface area contributed by atoms with Crippen molar-refractivity contribution in [1.82, 2.24) is 5.32 Å². The monoisotopic (exact) mass is 374 g/mol. The first-order valence-electron chi connectivity index (χ1n) is 6.64. The van der Waals surface area contributed by atoms with Crippen LogP contribution >= 0.6 is 27.3 Å². The number of nitrogens with one attached hydrogen (secondary N) is 1. The highest BCUT2D eigenvalue weighted by atomic mass is 79.9. The van der Waals surface area contributed by atoms with Gasteiger partial charge in [-0.2, -0.15) is 0 Å². The summed E-state index contributed by atoms with van der Waals surface area (Å²) in [6, 6.07) is 4.74. The summed E-state index contributed by atoms with van der Waals surface area (Å²) in [5, 5.41) is 5.01. The van der Waals surface area contributed by atoms with E-state index in [0.717, 1.165) is 15.9 Å². The summed E-state index contributed by atoms with van der Waals surface area (Å²) in [4.78, 5) is 2.64. The smallest absolute Gasteiger partial charge is 0.149 e. The molecule has 0 aliphatic rings. The lowest BCUT2D eigenvalue weighted by atomic mass is 10.1. The summed E-state index contributed by atoms with van der Waals surface area (Å²) >= 11 is 4.93. The van der Waals surface area contributed by atoms with E-state index >= 15 is 0 Å². The minimum absolute atomic E-state index is 0.0137. The highest BCUT2D eigenvalue weighted by Crippen LogP contribution is 2.27. The van der Waals surface area contributed by atoms with Crippen LogP contribution in [0.1, 0.15) is 17.4 Å². The van der Waals surface area contributed by atoms with Gasteiger partial charge in [0.1, 0.15) is 17.3 Å². The Morgan fingerprint density at radius 2 is 1.90 bits per heavy atom. The second kappa shape index (κ2) is 7.33. The average Bonchev–Trinajstić information content (AvgIpc) is 2.81. The van der Waals surface area contributed by atoms with Crippen LogP contribution in [0.15, 0.2) is 28.1 Å². The molecule has 1 aromatic heterocycles. The molecule has 114 valence electrons.